The maximum absolute atomic E-state index is 12.4. The Bertz CT molecular complexity index is 931. The van der Waals surface area contributed by atoms with Crippen LogP contribution < -0.4 is 9.47 Å². The molecular weight excluding hydrogens is 448 g/mol. The van der Waals surface area contributed by atoms with Gasteiger partial charge in [0.2, 0.25) is 13.6 Å². The first-order valence-electron chi connectivity index (χ1n) is 10.4. The highest BCUT2D eigenvalue weighted by atomic mass is 17.2. The molecule has 0 aliphatic carbocycles. The standard InChI is InChI=1S/C24H26O10/c1-15(2)21(25)31-13-29-19-11-7-5-9-17(19)23(27)33-34-24(28)18-10-6-8-12-20(18)30-14-32-22(26)16(3)4/h5-12,15-16H,13-14H2,1-4H3. The Balaban J connectivity index is 1.96. The van der Waals surface area contributed by atoms with E-state index in [-0.39, 0.29) is 34.5 Å². The predicted octanol–water partition coefficient (Wildman–Crippen LogP) is 3.69. The van der Waals surface area contributed by atoms with Crippen LogP contribution in [-0.2, 0) is 28.8 Å². The van der Waals surface area contributed by atoms with Crippen molar-refractivity contribution in [2.75, 3.05) is 13.6 Å². The zero-order valence-corrected chi connectivity index (χ0v) is 19.3. The van der Waals surface area contributed by atoms with Gasteiger partial charge in [-0.25, -0.2) is 19.4 Å². The van der Waals surface area contributed by atoms with E-state index in [2.05, 4.69) is 9.78 Å². The van der Waals surface area contributed by atoms with E-state index < -0.39 is 37.5 Å². The van der Waals surface area contributed by atoms with Crippen molar-refractivity contribution in [3.8, 4) is 11.5 Å². The molecule has 0 radical (unpaired) electrons. The van der Waals surface area contributed by atoms with Crippen LogP contribution in [0.2, 0.25) is 0 Å². The molecule has 0 heterocycles. The average Bonchev–Trinajstić information content (AvgIpc) is 2.82. The van der Waals surface area contributed by atoms with E-state index in [4.69, 9.17) is 18.9 Å². The van der Waals surface area contributed by atoms with Gasteiger partial charge in [0.1, 0.15) is 22.6 Å². The summed E-state index contributed by atoms with van der Waals surface area (Å²) in [6.07, 6.45) is 0. The Hall–Kier alpha value is -4.08. The molecule has 2 aromatic carbocycles. The minimum atomic E-state index is -1.01. The summed E-state index contributed by atoms with van der Waals surface area (Å²) in [5.74, 6) is -3.49. The van der Waals surface area contributed by atoms with Gasteiger partial charge in [-0.05, 0) is 24.3 Å². The van der Waals surface area contributed by atoms with Gasteiger partial charge >= 0.3 is 23.9 Å². The maximum Gasteiger partial charge on any atom is 0.390 e. The van der Waals surface area contributed by atoms with E-state index in [9.17, 15) is 19.2 Å². The zero-order chi connectivity index (χ0) is 25.1. The summed E-state index contributed by atoms with van der Waals surface area (Å²) in [5.41, 5.74) is -0.109. The van der Waals surface area contributed by atoms with Crippen molar-refractivity contribution < 1.29 is 47.9 Å². The Morgan fingerprint density at radius 3 is 1.32 bits per heavy atom. The van der Waals surface area contributed by atoms with E-state index >= 15 is 0 Å². The second-order valence-electron chi connectivity index (χ2n) is 7.49. The molecule has 0 amide bonds. The number of ether oxygens (including phenoxy) is 4. The summed E-state index contributed by atoms with van der Waals surface area (Å²) in [5, 5.41) is 0. The van der Waals surface area contributed by atoms with Crippen LogP contribution in [0.1, 0.15) is 48.4 Å². The van der Waals surface area contributed by atoms with Crippen molar-refractivity contribution in [3.05, 3.63) is 59.7 Å². The third kappa shape index (κ3) is 7.80. The predicted molar refractivity (Wildman–Crippen MR) is 117 cm³/mol. The molecule has 0 atom stereocenters. The van der Waals surface area contributed by atoms with Gasteiger partial charge in [0.15, 0.2) is 0 Å². The van der Waals surface area contributed by atoms with Crippen LogP contribution in [0, 0.1) is 11.8 Å². The summed E-state index contributed by atoms with van der Waals surface area (Å²) in [6, 6.07) is 12.0. The third-order valence-corrected chi connectivity index (χ3v) is 4.18. The smallest absolute Gasteiger partial charge is 0.390 e. The Kier molecular flexibility index (Phi) is 9.88. The Morgan fingerprint density at radius 2 is 0.971 bits per heavy atom. The highest BCUT2D eigenvalue weighted by Crippen LogP contribution is 2.22. The number of esters is 2. The molecule has 182 valence electrons. The van der Waals surface area contributed by atoms with Gasteiger partial charge in [0, 0.05) is 0 Å². The highest BCUT2D eigenvalue weighted by molar-refractivity contribution is 5.95. The van der Waals surface area contributed by atoms with Gasteiger partial charge in [0.05, 0.1) is 11.8 Å². The van der Waals surface area contributed by atoms with Crippen LogP contribution in [0.25, 0.3) is 0 Å². The van der Waals surface area contributed by atoms with Crippen molar-refractivity contribution in [1.29, 1.82) is 0 Å². The molecular formula is C24H26O10. The van der Waals surface area contributed by atoms with Crippen LogP contribution in [0.15, 0.2) is 48.5 Å². The van der Waals surface area contributed by atoms with Gasteiger partial charge in [-0.15, -0.1) is 0 Å². The first kappa shape index (κ1) is 26.2. The average molecular weight is 474 g/mol. The molecule has 0 saturated heterocycles. The van der Waals surface area contributed by atoms with Gasteiger partial charge in [-0.2, -0.15) is 0 Å². The molecule has 2 aromatic rings. The Morgan fingerprint density at radius 1 is 0.618 bits per heavy atom. The first-order chi connectivity index (χ1) is 16.2. The molecule has 0 spiro atoms. The Labute approximate surface area is 196 Å². The first-order valence-corrected chi connectivity index (χ1v) is 10.4. The fourth-order valence-electron chi connectivity index (χ4n) is 2.32. The molecule has 10 nitrogen and oxygen atoms in total. The number of hydrogen-bond acceptors (Lipinski definition) is 10. The summed E-state index contributed by atoms with van der Waals surface area (Å²) in [6.45, 7) is 5.86. The summed E-state index contributed by atoms with van der Waals surface area (Å²) < 4.78 is 20.5. The van der Waals surface area contributed by atoms with Crippen molar-refractivity contribution in [2.45, 2.75) is 27.7 Å². The number of rotatable bonds is 10. The highest BCUT2D eigenvalue weighted by Gasteiger charge is 2.21. The zero-order valence-electron chi connectivity index (χ0n) is 19.3. The van der Waals surface area contributed by atoms with Crippen molar-refractivity contribution in [2.24, 2.45) is 11.8 Å². The van der Waals surface area contributed by atoms with Crippen LogP contribution in [0.4, 0.5) is 0 Å². The lowest BCUT2D eigenvalue weighted by molar-refractivity contribution is -0.187. The summed E-state index contributed by atoms with van der Waals surface area (Å²) in [7, 11) is 0. The normalized spacial score (nSPS) is 10.4. The van der Waals surface area contributed by atoms with Crippen molar-refractivity contribution in [1.82, 2.24) is 0 Å². The van der Waals surface area contributed by atoms with Gasteiger partial charge in [-0.3, -0.25) is 9.59 Å². The maximum atomic E-state index is 12.4. The van der Waals surface area contributed by atoms with E-state index in [0.29, 0.717) is 0 Å². The van der Waals surface area contributed by atoms with Crippen LogP contribution >= 0.6 is 0 Å². The lowest BCUT2D eigenvalue weighted by Gasteiger charge is -2.12. The van der Waals surface area contributed by atoms with Crippen LogP contribution in [0.5, 0.6) is 11.5 Å². The number of carbonyl (C=O) groups is 4. The number of benzene rings is 2. The molecule has 0 aliphatic heterocycles. The quantitative estimate of drug-likeness (QED) is 0.218. The number of carbonyl (C=O) groups excluding carboxylic acids is 4. The molecule has 2 rings (SSSR count). The van der Waals surface area contributed by atoms with E-state index in [0.717, 1.165) is 0 Å². The lowest BCUT2D eigenvalue weighted by atomic mass is 10.2. The number of hydrogen-bond donors (Lipinski definition) is 0. The minimum Gasteiger partial charge on any atom is -0.456 e. The van der Waals surface area contributed by atoms with Gasteiger partial charge < -0.3 is 18.9 Å². The topological polar surface area (TPSA) is 124 Å². The fourth-order valence-corrected chi connectivity index (χ4v) is 2.32. The fraction of sp³-hybridized carbons (Fsp3) is 0.333. The molecule has 0 aromatic heterocycles. The van der Waals surface area contributed by atoms with E-state index in [1.807, 2.05) is 0 Å². The molecule has 10 heteroatoms. The van der Waals surface area contributed by atoms with Crippen LogP contribution in [0.3, 0.4) is 0 Å². The molecule has 0 fully saturated rings. The lowest BCUT2D eigenvalue weighted by Crippen LogP contribution is -2.18. The number of para-hydroxylation sites is 2. The second-order valence-corrected chi connectivity index (χ2v) is 7.49. The summed E-state index contributed by atoms with van der Waals surface area (Å²) >= 11 is 0. The van der Waals surface area contributed by atoms with Crippen molar-refractivity contribution >= 4 is 23.9 Å². The molecule has 0 saturated carbocycles. The third-order valence-electron chi connectivity index (χ3n) is 4.18. The molecule has 0 N–H and O–H groups in total. The van der Waals surface area contributed by atoms with E-state index in [1.165, 1.54) is 24.3 Å². The molecule has 34 heavy (non-hydrogen) atoms. The molecule has 0 unspecified atom stereocenters. The van der Waals surface area contributed by atoms with Crippen molar-refractivity contribution in [3.63, 3.8) is 0 Å². The largest absolute Gasteiger partial charge is 0.456 e. The molecule has 0 aliphatic rings. The minimum absolute atomic E-state index is 0.0546. The second kappa shape index (κ2) is 12.8. The summed E-state index contributed by atoms with van der Waals surface area (Å²) in [4.78, 5) is 57.2. The van der Waals surface area contributed by atoms with Gasteiger partial charge in [0.25, 0.3) is 0 Å². The SMILES string of the molecule is CC(C)C(=O)OCOc1ccccc1C(=O)OOC(=O)c1ccccc1OCOC(=O)C(C)C. The van der Waals surface area contributed by atoms with E-state index in [1.54, 1.807) is 52.0 Å². The van der Waals surface area contributed by atoms with Crippen LogP contribution in [-0.4, -0.2) is 37.5 Å². The monoisotopic (exact) mass is 474 g/mol. The molecule has 0 bridgehead atoms. The van der Waals surface area contributed by atoms with Gasteiger partial charge in [-0.1, -0.05) is 52.0 Å².